The average molecular weight is 731 g/mol. The second-order valence-corrected chi connectivity index (χ2v) is 13.4. The van der Waals surface area contributed by atoms with Crippen molar-refractivity contribution in [3.8, 4) is 22.8 Å². The minimum atomic E-state index is -4.45. The van der Waals surface area contributed by atoms with Gasteiger partial charge in [0.05, 0.1) is 31.0 Å². The molecule has 1 saturated carbocycles. The molecule has 6 aromatic rings. The minimum Gasteiger partial charge on any atom is -0.497 e. The fourth-order valence-corrected chi connectivity index (χ4v) is 7.11. The van der Waals surface area contributed by atoms with E-state index in [4.69, 9.17) is 24.0 Å². The number of fused-ring (bicyclic) bond motifs is 2. The number of nitrogens with zero attached hydrogens (tertiary/aromatic N) is 7. The lowest BCUT2D eigenvalue weighted by Crippen LogP contribution is -2.31. The Morgan fingerprint density at radius 1 is 1.02 bits per heavy atom. The van der Waals surface area contributed by atoms with Gasteiger partial charge in [0.15, 0.2) is 5.65 Å². The van der Waals surface area contributed by atoms with E-state index in [0.717, 1.165) is 59.9 Å². The van der Waals surface area contributed by atoms with Crippen LogP contribution in [-0.2, 0) is 12.0 Å². The number of hydrogen-bond acceptors (Lipinski definition) is 10. The van der Waals surface area contributed by atoms with E-state index in [1.807, 2.05) is 28.7 Å². The van der Waals surface area contributed by atoms with E-state index in [1.165, 1.54) is 0 Å². The zero-order chi connectivity index (χ0) is 36.9. The van der Waals surface area contributed by atoms with Crippen LogP contribution >= 0.6 is 0 Å². The number of urea groups is 1. The zero-order valence-electron chi connectivity index (χ0n) is 29.2. The quantitative estimate of drug-likeness (QED) is 0.136. The number of anilines is 3. The van der Waals surface area contributed by atoms with Gasteiger partial charge in [0, 0.05) is 54.4 Å². The van der Waals surface area contributed by atoms with E-state index in [9.17, 15) is 18.0 Å². The molecule has 2 fully saturated rings. The minimum absolute atomic E-state index is 0.0728. The normalized spacial score (nSPS) is 16.2. The Hall–Kier alpha value is -5.84. The second kappa shape index (κ2) is 13.3. The van der Waals surface area contributed by atoms with Crippen LogP contribution in [0.15, 0.2) is 65.8 Å². The Bertz CT molecular complexity index is 2300. The number of pyridine rings is 1. The largest absolute Gasteiger partial charge is 0.497 e. The highest BCUT2D eigenvalue weighted by molar-refractivity contribution is 6.03. The number of rotatable bonds is 10. The van der Waals surface area contributed by atoms with Crippen molar-refractivity contribution in [2.24, 2.45) is 0 Å². The number of carbonyl (C=O) groups excluding carboxylic acids is 1. The highest BCUT2D eigenvalue weighted by atomic mass is 19.4. The summed E-state index contributed by atoms with van der Waals surface area (Å²) in [7, 11) is 5.35. The summed E-state index contributed by atoms with van der Waals surface area (Å²) >= 11 is 0. The zero-order valence-corrected chi connectivity index (χ0v) is 29.2. The van der Waals surface area contributed by atoms with Crippen molar-refractivity contribution in [1.29, 1.82) is 0 Å². The highest BCUT2D eigenvalue weighted by Gasteiger charge is 2.66. The van der Waals surface area contributed by atoms with Crippen LogP contribution in [-0.4, -0.2) is 80.5 Å². The molecule has 0 spiro atoms. The third-order valence-corrected chi connectivity index (χ3v) is 10.2. The van der Waals surface area contributed by atoms with Crippen molar-refractivity contribution >= 4 is 40.1 Å². The maximum Gasteiger partial charge on any atom is 0.400 e. The van der Waals surface area contributed by atoms with Crippen molar-refractivity contribution in [3.63, 3.8) is 0 Å². The summed E-state index contributed by atoms with van der Waals surface area (Å²) in [4.78, 5) is 29.4. The number of alkyl halides is 3. The van der Waals surface area contributed by atoms with Gasteiger partial charge in [-0.15, -0.1) is 0 Å². The van der Waals surface area contributed by atoms with Crippen LogP contribution in [0.3, 0.4) is 0 Å². The smallest absolute Gasteiger partial charge is 0.400 e. The SMILES string of the molecule is COc1ccc(CNc2ncnc3c2c(-c2ccc(NC(=O)Nc4cc(C5(C(F)(F)F)CC5)no4)c4nccn24)cn3C2CCN(C)CC2)c(OC)c1. The summed E-state index contributed by atoms with van der Waals surface area (Å²) in [6.45, 7) is 2.33. The number of hydrogen-bond donors (Lipinski definition) is 3. The van der Waals surface area contributed by atoms with Crippen LogP contribution in [0.1, 0.15) is 43.0 Å². The van der Waals surface area contributed by atoms with E-state index in [2.05, 4.69) is 48.8 Å². The number of nitrogens with one attached hydrogen (secondary N) is 3. The summed E-state index contributed by atoms with van der Waals surface area (Å²) in [5.74, 6) is 1.80. The summed E-state index contributed by atoms with van der Waals surface area (Å²) in [6, 6.07) is 9.86. The van der Waals surface area contributed by atoms with Crippen LogP contribution in [0, 0.1) is 0 Å². The van der Waals surface area contributed by atoms with Gasteiger partial charge in [0.25, 0.3) is 0 Å². The number of halogens is 3. The van der Waals surface area contributed by atoms with E-state index in [-0.39, 0.29) is 30.5 Å². The fraction of sp³-hybridized carbons (Fsp3) is 0.361. The number of benzene rings is 1. The van der Waals surface area contributed by atoms with Gasteiger partial charge in [-0.2, -0.15) is 13.2 Å². The van der Waals surface area contributed by atoms with Crippen LogP contribution in [0.4, 0.5) is 35.4 Å². The molecular weight excluding hydrogens is 693 g/mol. The second-order valence-electron chi connectivity index (χ2n) is 13.4. The van der Waals surface area contributed by atoms with Crippen molar-refractivity contribution in [2.45, 2.75) is 49.9 Å². The molecule has 6 heterocycles. The summed E-state index contributed by atoms with van der Waals surface area (Å²) < 4.78 is 60.9. The molecule has 53 heavy (non-hydrogen) atoms. The first-order valence-electron chi connectivity index (χ1n) is 17.2. The molecule has 0 bridgehead atoms. The van der Waals surface area contributed by atoms with Crippen LogP contribution < -0.4 is 25.4 Å². The lowest BCUT2D eigenvalue weighted by molar-refractivity contribution is -0.161. The molecule has 0 radical (unpaired) electrons. The Kier molecular flexibility index (Phi) is 8.59. The number of carbonyl (C=O) groups is 1. The number of methoxy groups -OCH3 is 2. The number of ether oxygens (including phenoxy) is 2. The van der Waals surface area contributed by atoms with Crippen LogP contribution in [0.2, 0.25) is 0 Å². The molecule has 1 aromatic carbocycles. The number of aromatic nitrogens is 6. The molecule has 17 heteroatoms. The van der Waals surface area contributed by atoms with Gasteiger partial charge in [0.2, 0.25) is 5.88 Å². The maximum absolute atomic E-state index is 13.6. The summed E-state index contributed by atoms with van der Waals surface area (Å²) in [6.07, 6.45) is 4.40. The molecule has 5 aromatic heterocycles. The predicted octanol–water partition coefficient (Wildman–Crippen LogP) is 6.87. The van der Waals surface area contributed by atoms with Crippen molar-refractivity contribution < 1.29 is 32.0 Å². The molecule has 14 nitrogen and oxygen atoms in total. The van der Waals surface area contributed by atoms with Gasteiger partial charge in [-0.1, -0.05) is 5.16 Å². The van der Waals surface area contributed by atoms with E-state index < -0.39 is 17.6 Å². The number of imidazole rings is 1. The molecule has 2 aliphatic rings. The molecule has 0 unspecified atom stereocenters. The molecule has 276 valence electrons. The van der Waals surface area contributed by atoms with E-state index in [1.54, 1.807) is 39.0 Å². The molecule has 1 aliphatic heterocycles. The van der Waals surface area contributed by atoms with Gasteiger partial charge in [-0.25, -0.2) is 19.7 Å². The lowest BCUT2D eigenvalue weighted by atomic mass is 10.0. The number of amides is 2. The van der Waals surface area contributed by atoms with Gasteiger partial charge in [-0.3, -0.25) is 9.72 Å². The Morgan fingerprint density at radius 2 is 1.83 bits per heavy atom. The monoisotopic (exact) mass is 730 g/mol. The van der Waals surface area contributed by atoms with Crippen molar-refractivity contribution in [1.82, 2.24) is 34.0 Å². The van der Waals surface area contributed by atoms with Gasteiger partial charge < -0.3 is 34.1 Å². The molecule has 3 N–H and O–H groups in total. The van der Waals surface area contributed by atoms with Crippen molar-refractivity contribution in [3.05, 3.63) is 72.6 Å². The van der Waals surface area contributed by atoms with E-state index in [0.29, 0.717) is 35.2 Å². The van der Waals surface area contributed by atoms with Crippen LogP contribution in [0.5, 0.6) is 11.5 Å². The highest BCUT2D eigenvalue weighted by Crippen LogP contribution is 2.58. The Morgan fingerprint density at radius 3 is 2.57 bits per heavy atom. The Labute approximate surface area is 301 Å². The first-order chi connectivity index (χ1) is 25.6. The van der Waals surface area contributed by atoms with Gasteiger partial charge in [-0.05, 0) is 70.1 Å². The molecule has 1 saturated heterocycles. The van der Waals surface area contributed by atoms with Crippen molar-refractivity contribution in [2.75, 3.05) is 50.3 Å². The maximum atomic E-state index is 13.6. The first kappa shape index (κ1) is 34.3. The first-order valence-corrected chi connectivity index (χ1v) is 17.2. The standard InChI is InChI=1S/C36H37F3N10O4/c1-47-13-8-22(9-14-47)49-19-24(30-31(42-20-43-33(30)49)41-18-21-4-5-23(51-2)16-27(21)52-3)26-7-6-25(32-40-12-15-48(26)32)44-34(50)45-29-17-28(46-53-29)35(10-11-35)36(37,38)39/h4-7,12,15-17,19-20,22H,8-11,13-14,18H2,1-3H3,(H,41,42,43)(H2,44,45,50). The summed E-state index contributed by atoms with van der Waals surface area (Å²) in [5.41, 5.74) is 1.87. The third-order valence-electron chi connectivity index (χ3n) is 10.2. The molecule has 2 amide bonds. The molecule has 1 aliphatic carbocycles. The average Bonchev–Trinajstić information content (AvgIpc) is 3.44. The number of likely N-dealkylation sites (tertiary alicyclic amines) is 1. The third kappa shape index (κ3) is 6.23. The van der Waals surface area contributed by atoms with Crippen LogP contribution in [0.25, 0.3) is 27.9 Å². The van der Waals surface area contributed by atoms with Gasteiger partial charge in [0.1, 0.15) is 40.4 Å². The fourth-order valence-electron chi connectivity index (χ4n) is 7.11. The summed E-state index contributed by atoms with van der Waals surface area (Å²) in [5, 5.41) is 13.1. The predicted molar refractivity (Wildman–Crippen MR) is 190 cm³/mol. The topological polar surface area (TPSA) is 149 Å². The lowest BCUT2D eigenvalue weighted by Gasteiger charge is -2.30. The van der Waals surface area contributed by atoms with E-state index >= 15 is 0 Å². The number of piperidine rings is 1. The Balaban J connectivity index is 1.12. The van der Waals surface area contributed by atoms with Gasteiger partial charge >= 0.3 is 12.2 Å². The molecular formula is C36H37F3N10O4. The molecule has 8 rings (SSSR count). The molecule has 0 atom stereocenters.